The standard InChI is InChI=1S/C15H22BrN5O/c1-13(16)12-19-4-6-20(7-5-19)14-2-3-17-15(18-14)21-8-10-22-11-9-21/h2-3H,1,4-12H2. The summed E-state index contributed by atoms with van der Waals surface area (Å²) in [4.78, 5) is 16.1. The number of ether oxygens (including phenoxy) is 1. The van der Waals surface area contributed by atoms with E-state index in [9.17, 15) is 0 Å². The van der Waals surface area contributed by atoms with E-state index >= 15 is 0 Å². The van der Waals surface area contributed by atoms with Crippen molar-refractivity contribution in [2.75, 3.05) is 68.8 Å². The highest BCUT2D eigenvalue weighted by atomic mass is 79.9. The minimum absolute atomic E-state index is 0.753. The highest BCUT2D eigenvalue weighted by Crippen LogP contribution is 2.18. The predicted molar refractivity (Wildman–Crippen MR) is 91.8 cm³/mol. The summed E-state index contributed by atoms with van der Waals surface area (Å²) < 4.78 is 6.43. The normalized spacial score (nSPS) is 20.2. The maximum absolute atomic E-state index is 5.39. The molecule has 22 heavy (non-hydrogen) atoms. The van der Waals surface area contributed by atoms with Gasteiger partial charge in [-0.15, -0.1) is 0 Å². The van der Waals surface area contributed by atoms with E-state index in [2.05, 4.69) is 42.2 Å². The zero-order chi connectivity index (χ0) is 15.4. The van der Waals surface area contributed by atoms with Gasteiger partial charge >= 0.3 is 0 Å². The summed E-state index contributed by atoms with van der Waals surface area (Å²) in [5, 5.41) is 0. The Morgan fingerprint density at radius 1 is 1.14 bits per heavy atom. The van der Waals surface area contributed by atoms with Gasteiger partial charge in [0.05, 0.1) is 13.2 Å². The molecule has 2 saturated heterocycles. The molecule has 0 spiro atoms. The number of aromatic nitrogens is 2. The number of hydrogen-bond acceptors (Lipinski definition) is 6. The van der Waals surface area contributed by atoms with Crippen LogP contribution >= 0.6 is 15.9 Å². The molecule has 0 amide bonds. The number of halogens is 1. The van der Waals surface area contributed by atoms with Crippen molar-refractivity contribution in [3.63, 3.8) is 0 Å². The molecule has 6 nitrogen and oxygen atoms in total. The zero-order valence-electron chi connectivity index (χ0n) is 12.7. The van der Waals surface area contributed by atoms with Crippen LogP contribution in [0.1, 0.15) is 0 Å². The van der Waals surface area contributed by atoms with Crippen LogP contribution in [0.15, 0.2) is 23.3 Å². The monoisotopic (exact) mass is 367 g/mol. The van der Waals surface area contributed by atoms with Crippen LogP contribution in [-0.2, 0) is 4.74 Å². The van der Waals surface area contributed by atoms with Crippen LogP contribution < -0.4 is 9.80 Å². The molecule has 0 unspecified atom stereocenters. The Hall–Kier alpha value is -1.18. The van der Waals surface area contributed by atoms with E-state index in [0.29, 0.717) is 0 Å². The molecule has 3 heterocycles. The van der Waals surface area contributed by atoms with Crippen molar-refractivity contribution in [2.24, 2.45) is 0 Å². The molecule has 3 rings (SSSR count). The second-order valence-electron chi connectivity index (χ2n) is 5.59. The highest BCUT2D eigenvalue weighted by molar-refractivity contribution is 9.11. The number of nitrogens with zero attached hydrogens (tertiary/aromatic N) is 5. The van der Waals surface area contributed by atoms with E-state index in [0.717, 1.165) is 75.3 Å². The van der Waals surface area contributed by atoms with Crippen LogP contribution in [0.2, 0.25) is 0 Å². The van der Waals surface area contributed by atoms with Gasteiger partial charge in [-0.3, -0.25) is 4.90 Å². The van der Waals surface area contributed by atoms with E-state index < -0.39 is 0 Å². The first-order valence-corrected chi connectivity index (χ1v) is 8.48. The Labute approximate surface area is 139 Å². The van der Waals surface area contributed by atoms with Crippen molar-refractivity contribution in [2.45, 2.75) is 0 Å². The lowest BCUT2D eigenvalue weighted by Crippen LogP contribution is -2.47. The van der Waals surface area contributed by atoms with Crippen molar-refractivity contribution >= 4 is 27.7 Å². The molecule has 1 aromatic heterocycles. The molecular formula is C15H22BrN5O. The number of morpholine rings is 1. The van der Waals surface area contributed by atoms with E-state index in [4.69, 9.17) is 9.72 Å². The molecule has 0 radical (unpaired) electrons. The molecular weight excluding hydrogens is 346 g/mol. The number of hydrogen-bond donors (Lipinski definition) is 0. The number of rotatable bonds is 4. The Balaban J connectivity index is 1.62. The summed E-state index contributed by atoms with van der Waals surface area (Å²) in [6.07, 6.45) is 1.86. The second kappa shape index (κ2) is 7.39. The quantitative estimate of drug-likeness (QED) is 0.800. The van der Waals surface area contributed by atoms with Crippen LogP contribution in [0.4, 0.5) is 11.8 Å². The molecule has 0 aromatic carbocycles. The fourth-order valence-corrected chi connectivity index (χ4v) is 3.16. The SMILES string of the molecule is C=C(Br)CN1CCN(c2ccnc(N3CCOCC3)n2)CC1. The third kappa shape index (κ3) is 3.97. The average molecular weight is 368 g/mol. The summed E-state index contributed by atoms with van der Waals surface area (Å²) in [7, 11) is 0. The second-order valence-corrected chi connectivity index (χ2v) is 6.72. The van der Waals surface area contributed by atoms with Crippen molar-refractivity contribution in [1.29, 1.82) is 0 Å². The van der Waals surface area contributed by atoms with Crippen LogP contribution in [0, 0.1) is 0 Å². The molecule has 2 aliphatic rings. The maximum Gasteiger partial charge on any atom is 0.227 e. The third-order valence-electron chi connectivity index (χ3n) is 4.01. The van der Waals surface area contributed by atoms with Crippen molar-refractivity contribution in [3.8, 4) is 0 Å². The van der Waals surface area contributed by atoms with Crippen LogP contribution in [-0.4, -0.2) is 73.9 Å². The van der Waals surface area contributed by atoms with Crippen LogP contribution in [0.25, 0.3) is 0 Å². The Morgan fingerprint density at radius 3 is 2.55 bits per heavy atom. The minimum Gasteiger partial charge on any atom is -0.378 e. The van der Waals surface area contributed by atoms with Gasteiger partial charge in [0.2, 0.25) is 5.95 Å². The molecule has 120 valence electrons. The van der Waals surface area contributed by atoms with Crippen LogP contribution in [0.5, 0.6) is 0 Å². The van der Waals surface area contributed by atoms with Gasteiger partial charge in [-0.2, -0.15) is 4.98 Å². The Morgan fingerprint density at radius 2 is 1.86 bits per heavy atom. The summed E-state index contributed by atoms with van der Waals surface area (Å²) >= 11 is 3.44. The summed E-state index contributed by atoms with van der Waals surface area (Å²) in [5.41, 5.74) is 0. The average Bonchev–Trinajstić information content (AvgIpc) is 2.56. The smallest absolute Gasteiger partial charge is 0.227 e. The maximum atomic E-state index is 5.39. The lowest BCUT2D eigenvalue weighted by atomic mass is 10.3. The largest absolute Gasteiger partial charge is 0.378 e. The number of piperazine rings is 1. The van der Waals surface area contributed by atoms with Gasteiger partial charge in [-0.05, 0) is 6.07 Å². The molecule has 0 bridgehead atoms. The topological polar surface area (TPSA) is 44.7 Å². The zero-order valence-corrected chi connectivity index (χ0v) is 14.3. The number of anilines is 2. The van der Waals surface area contributed by atoms with Gasteiger partial charge in [0.15, 0.2) is 0 Å². The van der Waals surface area contributed by atoms with Gasteiger partial charge < -0.3 is 14.5 Å². The van der Waals surface area contributed by atoms with Gasteiger partial charge in [-0.25, -0.2) is 4.98 Å². The van der Waals surface area contributed by atoms with E-state index in [1.165, 1.54) is 0 Å². The lowest BCUT2D eigenvalue weighted by Gasteiger charge is -2.35. The molecule has 0 saturated carbocycles. The molecule has 2 fully saturated rings. The predicted octanol–water partition coefficient (Wildman–Crippen LogP) is 1.34. The summed E-state index contributed by atoms with van der Waals surface area (Å²) in [6.45, 7) is 12.1. The molecule has 7 heteroatoms. The molecule has 0 aliphatic carbocycles. The molecule has 1 aromatic rings. The molecule has 2 aliphatic heterocycles. The van der Waals surface area contributed by atoms with E-state index in [1.807, 2.05) is 12.3 Å². The van der Waals surface area contributed by atoms with Gasteiger partial charge in [0.1, 0.15) is 5.82 Å². The molecule has 0 N–H and O–H groups in total. The molecule has 0 atom stereocenters. The fourth-order valence-electron chi connectivity index (χ4n) is 2.81. The van der Waals surface area contributed by atoms with Crippen molar-refractivity contribution < 1.29 is 4.74 Å². The first kappa shape index (κ1) is 15.7. The van der Waals surface area contributed by atoms with Gasteiger partial charge in [0, 0.05) is 56.5 Å². The van der Waals surface area contributed by atoms with E-state index in [-0.39, 0.29) is 0 Å². The van der Waals surface area contributed by atoms with Crippen LogP contribution in [0.3, 0.4) is 0 Å². The van der Waals surface area contributed by atoms with Crippen molar-refractivity contribution in [1.82, 2.24) is 14.9 Å². The van der Waals surface area contributed by atoms with Crippen molar-refractivity contribution in [3.05, 3.63) is 23.3 Å². The Bertz CT molecular complexity index is 512. The summed E-state index contributed by atoms with van der Waals surface area (Å²) in [6, 6.07) is 2.00. The lowest BCUT2D eigenvalue weighted by molar-refractivity contribution is 0.122. The van der Waals surface area contributed by atoms with Gasteiger partial charge in [-0.1, -0.05) is 22.5 Å². The summed E-state index contributed by atoms with van der Waals surface area (Å²) in [5.74, 6) is 1.84. The fraction of sp³-hybridized carbons (Fsp3) is 0.600. The highest BCUT2D eigenvalue weighted by Gasteiger charge is 2.20. The third-order valence-corrected chi connectivity index (χ3v) is 4.26. The van der Waals surface area contributed by atoms with E-state index in [1.54, 1.807) is 0 Å². The first-order valence-electron chi connectivity index (χ1n) is 7.69. The minimum atomic E-state index is 0.753. The Kier molecular flexibility index (Phi) is 5.28. The first-order chi connectivity index (χ1) is 10.7. The van der Waals surface area contributed by atoms with Gasteiger partial charge in [0.25, 0.3) is 0 Å².